The van der Waals surface area contributed by atoms with Crippen molar-refractivity contribution < 1.29 is 18.7 Å². The average Bonchev–Trinajstić information content (AvgIpc) is 3.16. The van der Waals surface area contributed by atoms with Crippen molar-refractivity contribution in [2.45, 2.75) is 25.8 Å². The summed E-state index contributed by atoms with van der Waals surface area (Å²) in [6, 6.07) is 9.37. The number of aryl methyl sites for hydroxylation is 1. The Hall–Kier alpha value is -2.96. The third-order valence-electron chi connectivity index (χ3n) is 5.22. The molecule has 2 aliphatic rings. The minimum Gasteiger partial charge on any atom is -0.493 e. The lowest BCUT2D eigenvalue weighted by Crippen LogP contribution is -2.42. The Morgan fingerprint density at radius 2 is 1.89 bits per heavy atom. The Morgan fingerprint density at radius 1 is 1.04 bits per heavy atom. The molecule has 0 aliphatic carbocycles. The van der Waals surface area contributed by atoms with Crippen LogP contribution in [0, 0.1) is 0 Å². The highest BCUT2D eigenvalue weighted by Crippen LogP contribution is 2.25. The number of rotatable bonds is 3. The van der Waals surface area contributed by atoms with Gasteiger partial charge in [0.15, 0.2) is 5.76 Å². The first-order chi connectivity index (χ1) is 13.7. The number of carbonyl (C=O) groups excluding carboxylic acids is 2. The van der Waals surface area contributed by atoms with Crippen LogP contribution in [0.4, 0.5) is 4.79 Å². The number of benzene rings is 1. The van der Waals surface area contributed by atoms with E-state index in [9.17, 15) is 9.59 Å². The molecule has 1 fully saturated rings. The molecule has 3 heterocycles. The van der Waals surface area contributed by atoms with Gasteiger partial charge in [0.1, 0.15) is 5.75 Å². The quantitative estimate of drug-likeness (QED) is 0.884. The van der Waals surface area contributed by atoms with Gasteiger partial charge < -0.3 is 24.3 Å². The number of hydrogen-bond acceptors (Lipinski definition) is 4. The second-order valence-corrected chi connectivity index (χ2v) is 7.16. The van der Waals surface area contributed by atoms with E-state index in [0.717, 1.165) is 37.2 Å². The highest BCUT2D eigenvalue weighted by molar-refractivity contribution is 5.91. The Bertz CT molecular complexity index is 834. The largest absolute Gasteiger partial charge is 0.493 e. The summed E-state index contributed by atoms with van der Waals surface area (Å²) in [5, 5.41) is 3.00. The molecule has 0 spiro atoms. The molecule has 7 heteroatoms. The summed E-state index contributed by atoms with van der Waals surface area (Å²) in [6.07, 6.45) is 4.29. The van der Waals surface area contributed by atoms with Gasteiger partial charge in [0, 0.05) is 32.7 Å². The van der Waals surface area contributed by atoms with Crippen molar-refractivity contribution >= 4 is 11.9 Å². The lowest BCUT2D eigenvalue weighted by molar-refractivity contribution is 0.0730. The van der Waals surface area contributed by atoms with Gasteiger partial charge in [0.05, 0.1) is 12.9 Å². The van der Waals surface area contributed by atoms with Crippen molar-refractivity contribution in [2.75, 3.05) is 32.8 Å². The molecule has 0 radical (unpaired) electrons. The van der Waals surface area contributed by atoms with Crippen molar-refractivity contribution in [3.63, 3.8) is 0 Å². The van der Waals surface area contributed by atoms with E-state index in [4.69, 9.17) is 9.15 Å². The standard InChI is InChI=1S/C21H25N3O4/c25-20(19-5-2-13-28-19)23-8-3-9-24(11-10-23)21(26)22-15-16-6-7-18-17(14-16)4-1-12-27-18/h2,5-7,13-14H,1,3-4,8-12,15H2,(H,22,26). The van der Waals surface area contributed by atoms with Crippen LogP contribution in [0.25, 0.3) is 0 Å². The van der Waals surface area contributed by atoms with Crippen LogP contribution in [0.3, 0.4) is 0 Å². The van der Waals surface area contributed by atoms with Crippen molar-refractivity contribution in [2.24, 2.45) is 0 Å². The SMILES string of the molecule is O=C(NCc1ccc2c(c1)CCCO2)N1CCCN(C(=O)c2ccco2)CC1. The number of hydrogen-bond donors (Lipinski definition) is 1. The van der Waals surface area contributed by atoms with E-state index >= 15 is 0 Å². The number of ether oxygens (including phenoxy) is 1. The van der Waals surface area contributed by atoms with Gasteiger partial charge in [-0.05, 0) is 48.6 Å². The molecule has 1 N–H and O–H groups in total. The van der Waals surface area contributed by atoms with E-state index < -0.39 is 0 Å². The number of carbonyl (C=O) groups is 2. The molecule has 28 heavy (non-hydrogen) atoms. The third kappa shape index (κ3) is 4.13. The number of urea groups is 1. The van der Waals surface area contributed by atoms with Gasteiger partial charge in [-0.3, -0.25) is 4.79 Å². The van der Waals surface area contributed by atoms with Crippen molar-refractivity contribution in [3.8, 4) is 5.75 Å². The van der Waals surface area contributed by atoms with Crippen LogP contribution in [0.1, 0.15) is 34.5 Å². The van der Waals surface area contributed by atoms with Crippen LogP contribution >= 0.6 is 0 Å². The van der Waals surface area contributed by atoms with E-state index in [2.05, 4.69) is 11.4 Å². The number of amides is 3. The van der Waals surface area contributed by atoms with Crippen LogP contribution in [0.2, 0.25) is 0 Å². The smallest absolute Gasteiger partial charge is 0.317 e. The van der Waals surface area contributed by atoms with Gasteiger partial charge in [-0.25, -0.2) is 4.79 Å². The molecular weight excluding hydrogens is 358 g/mol. The van der Waals surface area contributed by atoms with E-state index in [1.54, 1.807) is 21.9 Å². The van der Waals surface area contributed by atoms with Crippen LogP contribution < -0.4 is 10.1 Å². The predicted octanol–water partition coefficient (Wildman–Crippen LogP) is 2.66. The predicted molar refractivity (Wildman–Crippen MR) is 103 cm³/mol. The van der Waals surface area contributed by atoms with Gasteiger partial charge in [-0.2, -0.15) is 0 Å². The fourth-order valence-electron chi connectivity index (χ4n) is 3.69. The zero-order valence-electron chi connectivity index (χ0n) is 15.9. The van der Waals surface area contributed by atoms with Crippen molar-refractivity contribution in [1.82, 2.24) is 15.1 Å². The van der Waals surface area contributed by atoms with E-state index in [1.165, 1.54) is 11.8 Å². The maximum atomic E-state index is 12.6. The molecule has 4 rings (SSSR count). The summed E-state index contributed by atoms with van der Waals surface area (Å²) in [5.41, 5.74) is 2.28. The molecule has 1 aromatic heterocycles. The first-order valence-electron chi connectivity index (χ1n) is 9.81. The molecule has 0 saturated carbocycles. The number of nitrogens with zero attached hydrogens (tertiary/aromatic N) is 2. The van der Waals surface area contributed by atoms with Crippen molar-refractivity contribution in [1.29, 1.82) is 0 Å². The molecule has 0 atom stereocenters. The highest BCUT2D eigenvalue weighted by Gasteiger charge is 2.24. The Labute approximate surface area is 164 Å². The summed E-state index contributed by atoms with van der Waals surface area (Å²) in [5.74, 6) is 1.17. The van der Waals surface area contributed by atoms with E-state index in [1.807, 2.05) is 12.1 Å². The third-order valence-corrected chi connectivity index (χ3v) is 5.22. The molecule has 3 amide bonds. The van der Waals surface area contributed by atoms with Crippen LogP contribution in [0.5, 0.6) is 5.75 Å². The molecule has 1 saturated heterocycles. The Balaban J connectivity index is 1.30. The molecule has 0 bridgehead atoms. The minimum atomic E-state index is -0.122. The average molecular weight is 383 g/mol. The van der Waals surface area contributed by atoms with Crippen molar-refractivity contribution in [3.05, 3.63) is 53.5 Å². The summed E-state index contributed by atoms with van der Waals surface area (Å²) in [6.45, 7) is 3.52. The maximum absolute atomic E-state index is 12.6. The van der Waals surface area contributed by atoms with Gasteiger partial charge >= 0.3 is 6.03 Å². The molecule has 0 unspecified atom stereocenters. The summed E-state index contributed by atoms with van der Waals surface area (Å²) in [7, 11) is 0. The summed E-state index contributed by atoms with van der Waals surface area (Å²) >= 11 is 0. The van der Waals surface area contributed by atoms with Crippen LogP contribution in [-0.4, -0.2) is 54.5 Å². The molecule has 2 aliphatic heterocycles. The monoisotopic (exact) mass is 383 g/mol. The first-order valence-corrected chi connectivity index (χ1v) is 9.81. The Morgan fingerprint density at radius 3 is 2.75 bits per heavy atom. The molecule has 148 valence electrons. The molecule has 7 nitrogen and oxygen atoms in total. The number of fused-ring (bicyclic) bond motifs is 1. The topological polar surface area (TPSA) is 75.0 Å². The second kappa shape index (κ2) is 8.37. The van der Waals surface area contributed by atoms with Crippen LogP contribution in [0.15, 0.2) is 41.0 Å². The fourth-order valence-corrected chi connectivity index (χ4v) is 3.69. The normalized spacial score (nSPS) is 16.7. The van der Waals surface area contributed by atoms with E-state index in [-0.39, 0.29) is 11.9 Å². The van der Waals surface area contributed by atoms with Gasteiger partial charge in [-0.1, -0.05) is 12.1 Å². The lowest BCUT2D eigenvalue weighted by atomic mass is 10.0. The zero-order chi connectivity index (χ0) is 19.3. The number of nitrogens with one attached hydrogen (secondary N) is 1. The summed E-state index contributed by atoms with van der Waals surface area (Å²) in [4.78, 5) is 28.5. The van der Waals surface area contributed by atoms with Gasteiger partial charge in [0.25, 0.3) is 5.91 Å². The minimum absolute atomic E-state index is 0.0960. The van der Waals surface area contributed by atoms with Gasteiger partial charge in [0.2, 0.25) is 0 Å². The first kappa shape index (κ1) is 18.4. The fraction of sp³-hybridized carbons (Fsp3) is 0.429. The Kier molecular flexibility index (Phi) is 5.50. The summed E-state index contributed by atoms with van der Waals surface area (Å²) < 4.78 is 10.8. The lowest BCUT2D eigenvalue weighted by Gasteiger charge is -2.22. The maximum Gasteiger partial charge on any atom is 0.317 e. The molecule has 1 aromatic carbocycles. The van der Waals surface area contributed by atoms with Gasteiger partial charge in [-0.15, -0.1) is 0 Å². The van der Waals surface area contributed by atoms with E-state index in [0.29, 0.717) is 38.5 Å². The zero-order valence-corrected chi connectivity index (χ0v) is 15.9. The number of furan rings is 1. The second-order valence-electron chi connectivity index (χ2n) is 7.16. The molecule has 2 aromatic rings. The highest BCUT2D eigenvalue weighted by atomic mass is 16.5. The van der Waals surface area contributed by atoms with Crippen LogP contribution in [-0.2, 0) is 13.0 Å². The molecular formula is C21H25N3O4.